The molecule has 6 heteroatoms. The average Bonchev–Trinajstić information content (AvgIpc) is 3.01. The van der Waals surface area contributed by atoms with E-state index in [1.807, 2.05) is 0 Å². The molecule has 0 radical (unpaired) electrons. The van der Waals surface area contributed by atoms with E-state index >= 15 is 0 Å². The zero-order chi connectivity index (χ0) is 15.6. The monoisotopic (exact) mass is 436 g/mol. The number of ether oxygens (including phenoxy) is 1. The third kappa shape index (κ3) is 7.39. The van der Waals surface area contributed by atoms with E-state index in [-0.39, 0.29) is 24.0 Å². The van der Waals surface area contributed by atoms with Crippen molar-refractivity contribution >= 4 is 29.9 Å². The first-order chi connectivity index (χ1) is 10.8. The lowest BCUT2D eigenvalue weighted by Crippen LogP contribution is -2.39. The Morgan fingerprint density at radius 1 is 1.39 bits per heavy atom. The van der Waals surface area contributed by atoms with Crippen molar-refractivity contribution in [3.8, 4) is 0 Å². The molecule has 0 aliphatic carbocycles. The van der Waals surface area contributed by atoms with E-state index in [1.165, 1.54) is 25.0 Å². The summed E-state index contributed by atoms with van der Waals surface area (Å²) in [4.78, 5) is 7.33. The van der Waals surface area contributed by atoms with Crippen molar-refractivity contribution in [3.63, 3.8) is 0 Å². The molecule has 1 atom stereocenters. The van der Waals surface area contributed by atoms with Crippen LogP contribution in [0.3, 0.4) is 0 Å². The Morgan fingerprint density at radius 2 is 2.26 bits per heavy atom. The van der Waals surface area contributed by atoms with Crippen LogP contribution in [-0.4, -0.2) is 62.8 Å². The van der Waals surface area contributed by atoms with Crippen LogP contribution >= 0.6 is 24.0 Å². The molecule has 1 unspecified atom stereocenters. The SMILES string of the molecule is CCNC(=NCC1CCCN1CC)NCCC1=CCOCC1.I. The van der Waals surface area contributed by atoms with E-state index in [2.05, 4.69) is 35.5 Å². The lowest BCUT2D eigenvalue weighted by Gasteiger charge is -2.21. The second kappa shape index (κ2) is 12.1. The Kier molecular flexibility index (Phi) is 10.9. The van der Waals surface area contributed by atoms with Crippen LogP contribution in [0, 0.1) is 0 Å². The Morgan fingerprint density at radius 3 is 2.96 bits per heavy atom. The Balaban J connectivity index is 0.00000264. The molecule has 0 aromatic rings. The van der Waals surface area contributed by atoms with Gasteiger partial charge >= 0.3 is 0 Å². The summed E-state index contributed by atoms with van der Waals surface area (Å²) in [6.45, 7) is 11.1. The summed E-state index contributed by atoms with van der Waals surface area (Å²) in [6, 6.07) is 0.624. The molecule has 5 nitrogen and oxygen atoms in total. The van der Waals surface area contributed by atoms with Gasteiger partial charge in [-0.15, -0.1) is 24.0 Å². The van der Waals surface area contributed by atoms with Gasteiger partial charge in [0.05, 0.1) is 19.8 Å². The van der Waals surface area contributed by atoms with Crippen molar-refractivity contribution in [1.82, 2.24) is 15.5 Å². The van der Waals surface area contributed by atoms with Crippen LogP contribution < -0.4 is 10.6 Å². The van der Waals surface area contributed by atoms with Gasteiger partial charge in [0.25, 0.3) is 0 Å². The van der Waals surface area contributed by atoms with Gasteiger partial charge in [0.1, 0.15) is 0 Å². The smallest absolute Gasteiger partial charge is 0.191 e. The van der Waals surface area contributed by atoms with Crippen LogP contribution in [0.2, 0.25) is 0 Å². The fourth-order valence-electron chi connectivity index (χ4n) is 3.19. The highest BCUT2D eigenvalue weighted by atomic mass is 127. The average molecular weight is 436 g/mol. The number of hydrogen-bond donors (Lipinski definition) is 2. The quantitative estimate of drug-likeness (QED) is 0.279. The first-order valence-electron chi connectivity index (χ1n) is 8.85. The largest absolute Gasteiger partial charge is 0.377 e. The highest BCUT2D eigenvalue weighted by Crippen LogP contribution is 2.16. The van der Waals surface area contributed by atoms with E-state index in [4.69, 9.17) is 9.73 Å². The van der Waals surface area contributed by atoms with Crippen molar-refractivity contribution in [1.29, 1.82) is 0 Å². The zero-order valence-corrected chi connectivity index (χ0v) is 17.0. The lowest BCUT2D eigenvalue weighted by molar-refractivity contribution is 0.153. The summed E-state index contributed by atoms with van der Waals surface area (Å²) in [5, 5.41) is 6.82. The first-order valence-corrected chi connectivity index (χ1v) is 8.85. The van der Waals surface area contributed by atoms with E-state index in [0.717, 1.165) is 58.2 Å². The van der Waals surface area contributed by atoms with Gasteiger partial charge in [0, 0.05) is 19.1 Å². The maximum absolute atomic E-state index is 5.34. The van der Waals surface area contributed by atoms with Crippen molar-refractivity contribution < 1.29 is 4.74 Å². The minimum atomic E-state index is 0. The van der Waals surface area contributed by atoms with Gasteiger partial charge in [-0.05, 0) is 45.7 Å². The van der Waals surface area contributed by atoms with E-state index in [1.54, 1.807) is 0 Å². The molecule has 0 bridgehead atoms. The Hall–Kier alpha value is -0.340. The normalized spacial score (nSPS) is 22.4. The molecule has 1 saturated heterocycles. The lowest BCUT2D eigenvalue weighted by atomic mass is 10.1. The molecule has 0 spiro atoms. The highest BCUT2D eigenvalue weighted by molar-refractivity contribution is 14.0. The number of likely N-dealkylation sites (N-methyl/N-ethyl adjacent to an activating group) is 1. The summed E-state index contributed by atoms with van der Waals surface area (Å²) in [7, 11) is 0. The summed E-state index contributed by atoms with van der Waals surface area (Å²) >= 11 is 0. The molecule has 2 heterocycles. The molecule has 2 N–H and O–H groups in total. The molecular weight excluding hydrogens is 403 g/mol. The molecule has 0 aromatic heterocycles. The topological polar surface area (TPSA) is 48.9 Å². The number of rotatable bonds is 7. The van der Waals surface area contributed by atoms with Gasteiger partial charge in [-0.1, -0.05) is 18.6 Å². The maximum atomic E-state index is 5.34. The van der Waals surface area contributed by atoms with E-state index < -0.39 is 0 Å². The van der Waals surface area contributed by atoms with Crippen LogP contribution in [0.5, 0.6) is 0 Å². The minimum Gasteiger partial charge on any atom is -0.377 e. The predicted octanol–water partition coefficient (Wildman–Crippen LogP) is 2.38. The summed E-state index contributed by atoms with van der Waals surface area (Å²) in [6.07, 6.45) is 6.96. The molecule has 0 amide bonds. The first kappa shape index (κ1) is 20.7. The minimum absolute atomic E-state index is 0. The molecule has 23 heavy (non-hydrogen) atoms. The molecule has 0 saturated carbocycles. The maximum Gasteiger partial charge on any atom is 0.191 e. The fourth-order valence-corrected chi connectivity index (χ4v) is 3.19. The van der Waals surface area contributed by atoms with Crippen molar-refractivity contribution in [3.05, 3.63) is 11.6 Å². The van der Waals surface area contributed by atoms with Gasteiger partial charge in [-0.2, -0.15) is 0 Å². The number of aliphatic imine (C=N–C) groups is 1. The number of nitrogens with zero attached hydrogens (tertiary/aromatic N) is 2. The van der Waals surface area contributed by atoms with Gasteiger partial charge in [-0.25, -0.2) is 0 Å². The molecule has 134 valence electrons. The number of nitrogens with one attached hydrogen (secondary N) is 2. The number of halogens is 1. The van der Waals surface area contributed by atoms with Crippen molar-refractivity contribution in [2.45, 2.75) is 45.6 Å². The number of guanidine groups is 1. The molecule has 0 aromatic carbocycles. The van der Waals surface area contributed by atoms with Crippen LogP contribution in [0.4, 0.5) is 0 Å². The molecule has 2 rings (SSSR count). The molecular formula is C17H33IN4O. The highest BCUT2D eigenvalue weighted by Gasteiger charge is 2.22. The number of likely N-dealkylation sites (tertiary alicyclic amines) is 1. The van der Waals surface area contributed by atoms with Crippen LogP contribution in [-0.2, 0) is 4.74 Å². The van der Waals surface area contributed by atoms with E-state index in [9.17, 15) is 0 Å². The van der Waals surface area contributed by atoms with Gasteiger partial charge in [0.2, 0.25) is 0 Å². The van der Waals surface area contributed by atoms with Gasteiger partial charge in [-0.3, -0.25) is 9.89 Å². The Labute approximate surface area is 158 Å². The molecule has 2 aliphatic rings. The van der Waals surface area contributed by atoms with Crippen molar-refractivity contribution in [2.24, 2.45) is 4.99 Å². The molecule has 1 fully saturated rings. The summed E-state index contributed by atoms with van der Waals surface area (Å²) < 4.78 is 5.34. The fraction of sp³-hybridized carbons (Fsp3) is 0.824. The second-order valence-corrected chi connectivity index (χ2v) is 6.01. The van der Waals surface area contributed by atoms with E-state index in [0.29, 0.717) is 6.04 Å². The third-order valence-corrected chi connectivity index (χ3v) is 4.51. The third-order valence-electron chi connectivity index (χ3n) is 4.51. The summed E-state index contributed by atoms with van der Waals surface area (Å²) in [5.74, 6) is 0.957. The molecule has 2 aliphatic heterocycles. The van der Waals surface area contributed by atoms with Crippen molar-refractivity contribution in [2.75, 3.05) is 45.9 Å². The summed E-state index contributed by atoms with van der Waals surface area (Å²) in [5.41, 5.74) is 1.50. The second-order valence-electron chi connectivity index (χ2n) is 6.01. The van der Waals surface area contributed by atoms with Crippen LogP contribution in [0.15, 0.2) is 16.6 Å². The standard InChI is InChI=1S/C17H32N4O.HI/c1-3-18-17(19-10-7-15-8-12-22-13-9-15)20-14-16-6-5-11-21(16)4-2;/h8,16H,3-7,9-14H2,1-2H3,(H2,18,19,20);1H. The van der Waals surface area contributed by atoms with Crippen LogP contribution in [0.25, 0.3) is 0 Å². The van der Waals surface area contributed by atoms with Gasteiger partial charge in [0.15, 0.2) is 5.96 Å². The zero-order valence-electron chi connectivity index (χ0n) is 14.6. The Bertz CT molecular complexity index is 387. The van der Waals surface area contributed by atoms with Crippen LogP contribution in [0.1, 0.15) is 39.5 Å². The predicted molar refractivity (Wildman–Crippen MR) is 108 cm³/mol. The number of hydrogen-bond acceptors (Lipinski definition) is 3. The van der Waals surface area contributed by atoms with Gasteiger partial charge < -0.3 is 15.4 Å².